The van der Waals surface area contributed by atoms with Crippen LogP contribution in [0.25, 0.3) is 10.9 Å². The van der Waals surface area contributed by atoms with Crippen molar-refractivity contribution in [2.45, 2.75) is 26.3 Å². The number of hydrogen-bond acceptors (Lipinski definition) is 2. The first-order valence-electron chi connectivity index (χ1n) is 5.87. The van der Waals surface area contributed by atoms with Gasteiger partial charge in [0, 0.05) is 23.5 Å². The lowest BCUT2D eigenvalue weighted by Gasteiger charge is -2.11. The summed E-state index contributed by atoms with van der Waals surface area (Å²) in [5.74, 6) is 0. The maximum Gasteiger partial charge on any atom is 0.0705 e. The van der Waals surface area contributed by atoms with E-state index >= 15 is 0 Å². The number of aromatic nitrogens is 1. The van der Waals surface area contributed by atoms with E-state index in [1.165, 1.54) is 5.39 Å². The van der Waals surface area contributed by atoms with Gasteiger partial charge in [0.15, 0.2) is 0 Å². The van der Waals surface area contributed by atoms with E-state index in [1.54, 1.807) is 0 Å². The first kappa shape index (κ1) is 11.1. The fourth-order valence-corrected chi connectivity index (χ4v) is 1.96. The second-order valence-corrected chi connectivity index (χ2v) is 4.16. The molecule has 0 radical (unpaired) electrons. The molecule has 1 N–H and O–H groups in total. The zero-order valence-corrected chi connectivity index (χ0v) is 9.90. The first-order valence-corrected chi connectivity index (χ1v) is 5.87. The van der Waals surface area contributed by atoms with Crippen LogP contribution in [0.5, 0.6) is 0 Å². The molecule has 0 aliphatic rings. The molecule has 1 aromatic heterocycles. The third-order valence-electron chi connectivity index (χ3n) is 2.72. The number of para-hydroxylation sites is 1. The molecular formula is C14H18N2. The molecule has 0 spiro atoms. The number of hydrogen-bond donors (Lipinski definition) is 1. The fraction of sp³-hybridized carbons (Fsp3) is 0.357. The molecule has 0 bridgehead atoms. The minimum atomic E-state index is 0.485. The minimum Gasteiger partial charge on any atom is -0.314 e. The van der Waals surface area contributed by atoms with Gasteiger partial charge in [-0.05, 0) is 25.6 Å². The second-order valence-electron chi connectivity index (χ2n) is 4.16. The standard InChI is InChI=1S/C14H18N2/c1-3-15-11(2)10-13-9-8-12-6-4-5-7-14(12)16-13/h4-9,11,15H,3,10H2,1-2H3. The zero-order valence-electron chi connectivity index (χ0n) is 9.90. The lowest BCUT2D eigenvalue weighted by Crippen LogP contribution is -2.27. The van der Waals surface area contributed by atoms with Crippen molar-refractivity contribution < 1.29 is 0 Å². The maximum absolute atomic E-state index is 4.66. The van der Waals surface area contributed by atoms with E-state index in [2.05, 4.69) is 48.4 Å². The van der Waals surface area contributed by atoms with Crippen LogP contribution in [0.15, 0.2) is 36.4 Å². The number of rotatable bonds is 4. The molecule has 0 fully saturated rings. The SMILES string of the molecule is CCNC(C)Cc1ccc2ccccc2n1. The van der Waals surface area contributed by atoms with Gasteiger partial charge in [0.1, 0.15) is 0 Å². The van der Waals surface area contributed by atoms with Gasteiger partial charge >= 0.3 is 0 Å². The van der Waals surface area contributed by atoms with Crippen LogP contribution < -0.4 is 5.32 Å². The highest BCUT2D eigenvalue weighted by Gasteiger charge is 2.03. The Morgan fingerprint density at radius 2 is 2.00 bits per heavy atom. The molecule has 1 heterocycles. The molecule has 0 saturated heterocycles. The molecule has 1 aromatic carbocycles. The van der Waals surface area contributed by atoms with E-state index in [-0.39, 0.29) is 0 Å². The topological polar surface area (TPSA) is 24.9 Å². The van der Waals surface area contributed by atoms with Gasteiger partial charge in [0.25, 0.3) is 0 Å². The Kier molecular flexibility index (Phi) is 3.52. The Hall–Kier alpha value is -1.41. The van der Waals surface area contributed by atoms with Crippen LogP contribution in [0.4, 0.5) is 0 Å². The van der Waals surface area contributed by atoms with Crippen molar-refractivity contribution in [2.75, 3.05) is 6.54 Å². The highest BCUT2D eigenvalue weighted by molar-refractivity contribution is 5.78. The highest BCUT2D eigenvalue weighted by atomic mass is 14.9. The van der Waals surface area contributed by atoms with Gasteiger partial charge in [-0.25, -0.2) is 0 Å². The molecule has 0 amide bonds. The van der Waals surface area contributed by atoms with Gasteiger partial charge in [-0.2, -0.15) is 0 Å². The molecule has 1 atom stereocenters. The summed E-state index contributed by atoms with van der Waals surface area (Å²) in [6.07, 6.45) is 0.985. The van der Waals surface area contributed by atoms with Crippen LogP contribution >= 0.6 is 0 Å². The Bertz CT molecular complexity index is 465. The van der Waals surface area contributed by atoms with Crippen molar-refractivity contribution in [1.29, 1.82) is 0 Å². The normalized spacial score (nSPS) is 12.9. The van der Waals surface area contributed by atoms with Crippen LogP contribution in [-0.2, 0) is 6.42 Å². The summed E-state index contributed by atoms with van der Waals surface area (Å²) in [5, 5.41) is 4.61. The molecule has 0 aliphatic heterocycles. The average Bonchev–Trinajstić information content (AvgIpc) is 2.29. The fourth-order valence-electron chi connectivity index (χ4n) is 1.96. The quantitative estimate of drug-likeness (QED) is 0.846. The summed E-state index contributed by atoms with van der Waals surface area (Å²) >= 11 is 0. The molecule has 84 valence electrons. The van der Waals surface area contributed by atoms with Gasteiger partial charge in [0.05, 0.1) is 5.52 Å². The van der Waals surface area contributed by atoms with Crippen molar-refractivity contribution in [2.24, 2.45) is 0 Å². The summed E-state index contributed by atoms with van der Waals surface area (Å²) in [6, 6.07) is 13.0. The van der Waals surface area contributed by atoms with Crippen molar-refractivity contribution in [3.05, 3.63) is 42.1 Å². The van der Waals surface area contributed by atoms with Crippen molar-refractivity contribution in [3.63, 3.8) is 0 Å². The smallest absolute Gasteiger partial charge is 0.0705 e. The van der Waals surface area contributed by atoms with E-state index in [4.69, 9.17) is 0 Å². The molecule has 2 rings (SSSR count). The van der Waals surface area contributed by atoms with Gasteiger partial charge in [0.2, 0.25) is 0 Å². The number of pyridine rings is 1. The van der Waals surface area contributed by atoms with E-state index < -0.39 is 0 Å². The van der Waals surface area contributed by atoms with E-state index in [0.717, 1.165) is 24.2 Å². The summed E-state index contributed by atoms with van der Waals surface area (Å²) < 4.78 is 0. The van der Waals surface area contributed by atoms with Crippen molar-refractivity contribution in [3.8, 4) is 0 Å². The number of nitrogens with zero attached hydrogens (tertiary/aromatic N) is 1. The lowest BCUT2D eigenvalue weighted by molar-refractivity contribution is 0.560. The number of fused-ring (bicyclic) bond motifs is 1. The van der Waals surface area contributed by atoms with Gasteiger partial charge < -0.3 is 5.32 Å². The van der Waals surface area contributed by atoms with Gasteiger partial charge in [-0.1, -0.05) is 31.2 Å². The predicted octanol–water partition coefficient (Wildman–Crippen LogP) is 2.78. The van der Waals surface area contributed by atoms with Crippen LogP contribution in [-0.4, -0.2) is 17.6 Å². The van der Waals surface area contributed by atoms with Gasteiger partial charge in [-0.15, -0.1) is 0 Å². The summed E-state index contributed by atoms with van der Waals surface area (Å²) in [5.41, 5.74) is 2.25. The second kappa shape index (κ2) is 5.08. The highest BCUT2D eigenvalue weighted by Crippen LogP contribution is 2.12. The maximum atomic E-state index is 4.66. The Morgan fingerprint density at radius 1 is 1.19 bits per heavy atom. The first-order chi connectivity index (χ1) is 7.79. The molecular weight excluding hydrogens is 196 g/mol. The van der Waals surface area contributed by atoms with Crippen LogP contribution in [0, 0.1) is 0 Å². The minimum absolute atomic E-state index is 0.485. The van der Waals surface area contributed by atoms with Crippen LogP contribution in [0.1, 0.15) is 19.5 Å². The monoisotopic (exact) mass is 214 g/mol. The molecule has 2 aromatic rings. The number of likely N-dealkylation sites (N-methyl/N-ethyl adjacent to an activating group) is 1. The van der Waals surface area contributed by atoms with Crippen LogP contribution in [0.3, 0.4) is 0 Å². The Labute approximate surface area is 96.7 Å². The van der Waals surface area contributed by atoms with Crippen LogP contribution in [0.2, 0.25) is 0 Å². The third kappa shape index (κ3) is 2.58. The molecule has 0 saturated carbocycles. The summed E-state index contributed by atoms with van der Waals surface area (Å²) in [4.78, 5) is 4.66. The molecule has 0 aliphatic carbocycles. The number of benzene rings is 1. The van der Waals surface area contributed by atoms with E-state index in [0.29, 0.717) is 6.04 Å². The largest absolute Gasteiger partial charge is 0.314 e. The Balaban J connectivity index is 2.19. The van der Waals surface area contributed by atoms with E-state index in [1.807, 2.05) is 12.1 Å². The number of nitrogens with one attached hydrogen (secondary N) is 1. The van der Waals surface area contributed by atoms with Crippen molar-refractivity contribution >= 4 is 10.9 Å². The van der Waals surface area contributed by atoms with Gasteiger partial charge in [-0.3, -0.25) is 4.98 Å². The van der Waals surface area contributed by atoms with Crippen molar-refractivity contribution in [1.82, 2.24) is 10.3 Å². The summed E-state index contributed by atoms with van der Waals surface area (Å²) in [6.45, 7) is 5.33. The average molecular weight is 214 g/mol. The summed E-state index contributed by atoms with van der Waals surface area (Å²) in [7, 11) is 0. The Morgan fingerprint density at radius 3 is 2.81 bits per heavy atom. The molecule has 16 heavy (non-hydrogen) atoms. The zero-order chi connectivity index (χ0) is 11.4. The molecule has 2 heteroatoms. The van der Waals surface area contributed by atoms with E-state index in [9.17, 15) is 0 Å². The predicted molar refractivity (Wildman–Crippen MR) is 68.6 cm³/mol. The molecule has 1 unspecified atom stereocenters. The third-order valence-corrected chi connectivity index (χ3v) is 2.72. The lowest BCUT2D eigenvalue weighted by atomic mass is 10.1. The molecule has 2 nitrogen and oxygen atoms in total.